The normalized spacial score (nSPS) is 14.7. The van der Waals surface area contributed by atoms with Crippen LogP contribution in [0.3, 0.4) is 0 Å². The quantitative estimate of drug-likeness (QED) is 0.602. The lowest BCUT2D eigenvalue weighted by Crippen LogP contribution is -2.30. The zero-order valence-corrected chi connectivity index (χ0v) is 16.8. The van der Waals surface area contributed by atoms with Crippen LogP contribution in [0.5, 0.6) is 0 Å². The van der Waals surface area contributed by atoms with Crippen molar-refractivity contribution in [1.29, 1.82) is 0 Å². The van der Waals surface area contributed by atoms with Crippen LogP contribution in [-0.2, 0) is 11.7 Å². The summed E-state index contributed by atoms with van der Waals surface area (Å²) in [5.41, 5.74) is -1.00. The molecule has 0 radical (unpaired) electrons. The fourth-order valence-electron chi connectivity index (χ4n) is 3.04. The van der Waals surface area contributed by atoms with Crippen molar-refractivity contribution in [2.45, 2.75) is 51.4 Å². The Hall–Kier alpha value is -3.18. The highest BCUT2D eigenvalue weighted by Crippen LogP contribution is 2.41. The molecule has 3 aromatic heterocycles. The molecule has 0 saturated heterocycles. The Morgan fingerprint density at radius 2 is 1.87 bits per heavy atom. The highest BCUT2D eigenvalue weighted by Gasteiger charge is 2.37. The Kier molecular flexibility index (Phi) is 4.86. The van der Waals surface area contributed by atoms with E-state index in [0.717, 1.165) is 19.0 Å². The van der Waals surface area contributed by atoms with Gasteiger partial charge in [-0.1, -0.05) is 0 Å². The Bertz CT molecular complexity index is 1020. The molecular formula is C18H22F3N9. The van der Waals surface area contributed by atoms with Gasteiger partial charge < -0.3 is 10.6 Å². The molecule has 1 aliphatic rings. The summed E-state index contributed by atoms with van der Waals surface area (Å²) in [6.07, 6.45) is 1.14. The van der Waals surface area contributed by atoms with E-state index in [1.807, 2.05) is 20.8 Å². The maximum atomic E-state index is 13.5. The molecule has 30 heavy (non-hydrogen) atoms. The molecule has 1 aliphatic carbocycles. The van der Waals surface area contributed by atoms with E-state index in [0.29, 0.717) is 18.1 Å². The van der Waals surface area contributed by atoms with Gasteiger partial charge in [-0.25, -0.2) is 9.67 Å². The number of halogens is 3. The molecule has 2 N–H and O–H groups in total. The SMILES string of the molecule is CCNc1ncc(C(F)(F)F)c(Nc2cc(C(C)(C)n3nccn3)nn2C2CC2)n1. The van der Waals surface area contributed by atoms with E-state index in [9.17, 15) is 13.2 Å². The number of nitrogens with zero attached hydrogens (tertiary/aromatic N) is 7. The Morgan fingerprint density at radius 1 is 1.17 bits per heavy atom. The minimum Gasteiger partial charge on any atom is -0.354 e. The third-order valence-corrected chi connectivity index (χ3v) is 4.85. The van der Waals surface area contributed by atoms with Gasteiger partial charge in [0.25, 0.3) is 0 Å². The molecule has 0 aliphatic heterocycles. The van der Waals surface area contributed by atoms with E-state index in [2.05, 4.69) is 35.9 Å². The standard InChI is InChI=1S/C18H22F3N9/c1-4-22-16-23-10-12(18(19,20)21)15(27-16)26-14-9-13(28-29(14)11-5-6-11)17(2,3)30-24-7-8-25-30/h7-11H,4-6H2,1-3H3,(H2,22,23,26,27). The lowest BCUT2D eigenvalue weighted by molar-refractivity contribution is -0.137. The first-order chi connectivity index (χ1) is 14.2. The summed E-state index contributed by atoms with van der Waals surface area (Å²) in [7, 11) is 0. The van der Waals surface area contributed by atoms with E-state index < -0.39 is 17.3 Å². The van der Waals surface area contributed by atoms with Crippen LogP contribution < -0.4 is 10.6 Å². The van der Waals surface area contributed by atoms with Gasteiger partial charge in [0.1, 0.15) is 22.7 Å². The van der Waals surface area contributed by atoms with Crippen molar-refractivity contribution < 1.29 is 13.2 Å². The van der Waals surface area contributed by atoms with Gasteiger partial charge in [0.2, 0.25) is 5.95 Å². The van der Waals surface area contributed by atoms with Crippen LogP contribution >= 0.6 is 0 Å². The van der Waals surface area contributed by atoms with E-state index >= 15 is 0 Å². The van der Waals surface area contributed by atoms with Gasteiger partial charge >= 0.3 is 6.18 Å². The second kappa shape index (κ2) is 7.26. The molecule has 1 fully saturated rings. The Balaban J connectivity index is 1.75. The van der Waals surface area contributed by atoms with Gasteiger partial charge in [-0.15, -0.1) is 0 Å². The first kappa shape index (κ1) is 20.1. The van der Waals surface area contributed by atoms with Crippen molar-refractivity contribution in [3.8, 4) is 0 Å². The third-order valence-electron chi connectivity index (χ3n) is 4.85. The largest absolute Gasteiger partial charge is 0.421 e. The third kappa shape index (κ3) is 3.81. The number of nitrogens with one attached hydrogen (secondary N) is 2. The number of hydrogen-bond donors (Lipinski definition) is 2. The summed E-state index contributed by atoms with van der Waals surface area (Å²) in [4.78, 5) is 9.32. The molecule has 3 heterocycles. The number of rotatable bonds is 7. The van der Waals surface area contributed by atoms with E-state index in [-0.39, 0.29) is 17.8 Å². The summed E-state index contributed by atoms with van der Waals surface area (Å²) in [6, 6.07) is 1.85. The topological polar surface area (TPSA) is 98.4 Å². The van der Waals surface area contributed by atoms with Crippen molar-refractivity contribution in [3.63, 3.8) is 0 Å². The predicted octanol–water partition coefficient (Wildman–Crippen LogP) is 3.58. The monoisotopic (exact) mass is 421 g/mol. The lowest BCUT2D eigenvalue weighted by Gasteiger charge is -2.20. The molecule has 0 aromatic carbocycles. The van der Waals surface area contributed by atoms with Crippen LogP contribution in [0.25, 0.3) is 0 Å². The average Bonchev–Trinajstić information content (AvgIpc) is 3.18. The molecule has 0 unspecified atom stereocenters. The van der Waals surface area contributed by atoms with Crippen LogP contribution in [0.15, 0.2) is 24.7 Å². The van der Waals surface area contributed by atoms with Crippen LogP contribution in [0.4, 0.5) is 30.8 Å². The minimum atomic E-state index is -4.60. The predicted molar refractivity (Wildman–Crippen MR) is 103 cm³/mol. The first-order valence-electron chi connectivity index (χ1n) is 9.62. The van der Waals surface area contributed by atoms with Crippen LogP contribution in [0.1, 0.15) is 50.9 Å². The molecular weight excluding hydrogens is 399 g/mol. The maximum absolute atomic E-state index is 13.5. The van der Waals surface area contributed by atoms with E-state index in [1.165, 1.54) is 4.80 Å². The molecule has 3 aromatic rings. The van der Waals surface area contributed by atoms with E-state index in [1.54, 1.807) is 23.1 Å². The van der Waals surface area contributed by atoms with Crippen molar-refractivity contribution in [3.05, 3.63) is 35.9 Å². The van der Waals surface area contributed by atoms with Gasteiger partial charge in [-0.3, -0.25) is 0 Å². The minimum absolute atomic E-state index is 0.117. The molecule has 0 amide bonds. The number of alkyl halides is 3. The Morgan fingerprint density at radius 3 is 2.47 bits per heavy atom. The summed E-state index contributed by atoms with van der Waals surface area (Å²) in [5.74, 6) is 0.225. The fourth-order valence-corrected chi connectivity index (χ4v) is 3.04. The van der Waals surface area contributed by atoms with Crippen molar-refractivity contribution in [1.82, 2.24) is 34.7 Å². The summed E-state index contributed by atoms with van der Waals surface area (Å²) >= 11 is 0. The second-order valence-corrected chi connectivity index (χ2v) is 7.58. The average molecular weight is 421 g/mol. The molecule has 0 bridgehead atoms. The summed E-state index contributed by atoms with van der Waals surface area (Å²) in [6.45, 7) is 6.09. The molecule has 0 spiro atoms. The fraction of sp³-hybridized carbons (Fsp3) is 0.500. The van der Waals surface area contributed by atoms with Gasteiger partial charge in [-0.2, -0.15) is 38.2 Å². The van der Waals surface area contributed by atoms with Gasteiger partial charge in [0, 0.05) is 18.8 Å². The maximum Gasteiger partial charge on any atom is 0.421 e. The highest BCUT2D eigenvalue weighted by atomic mass is 19.4. The van der Waals surface area contributed by atoms with Gasteiger partial charge in [0.05, 0.1) is 24.1 Å². The van der Waals surface area contributed by atoms with Crippen LogP contribution in [-0.4, -0.2) is 41.3 Å². The highest BCUT2D eigenvalue weighted by molar-refractivity contribution is 5.59. The van der Waals surface area contributed by atoms with E-state index in [4.69, 9.17) is 0 Å². The van der Waals surface area contributed by atoms with Crippen molar-refractivity contribution in [2.75, 3.05) is 17.2 Å². The van der Waals surface area contributed by atoms with Gasteiger partial charge in [-0.05, 0) is 33.6 Å². The zero-order chi connectivity index (χ0) is 21.5. The number of hydrogen-bond acceptors (Lipinski definition) is 7. The van der Waals surface area contributed by atoms with Crippen molar-refractivity contribution >= 4 is 17.6 Å². The molecule has 160 valence electrons. The number of anilines is 3. The Labute approximate surface area is 170 Å². The molecule has 4 rings (SSSR count). The molecule has 0 atom stereocenters. The molecule has 9 nitrogen and oxygen atoms in total. The molecule has 1 saturated carbocycles. The smallest absolute Gasteiger partial charge is 0.354 e. The lowest BCUT2D eigenvalue weighted by atomic mass is 10.0. The summed E-state index contributed by atoms with van der Waals surface area (Å²) in [5, 5.41) is 18.7. The molecule has 12 heteroatoms. The van der Waals surface area contributed by atoms with Crippen molar-refractivity contribution in [2.24, 2.45) is 0 Å². The van der Waals surface area contributed by atoms with Crippen LogP contribution in [0, 0.1) is 0 Å². The zero-order valence-electron chi connectivity index (χ0n) is 16.8. The van der Waals surface area contributed by atoms with Gasteiger partial charge in [0.15, 0.2) is 0 Å². The summed E-state index contributed by atoms with van der Waals surface area (Å²) < 4.78 is 42.3. The first-order valence-corrected chi connectivity index (χ1v) is 9.62. The van der Waals surface area contributed by atoms with Crippen LogP contribution in [0.2, 0.25) is 0 Å². The number of aromatic nitrogens is 7. The second-order valence-electron chi connectivity index (χ2n) is 7.58.